The third-order valence-electron chi connectivity index (χ3n) is 3.77. The molecule has 1 aromatic carbocycles. The maximum Gasteiger partial charge on any atom is 0.267 e. The number of carbonyl (C=O) groups is 1. The fraction of sp³-hybridized carbons (Fsp3) is 0.400. The minimum absolute atomic E-state index is 0.0964. The molecule has 6 heteroatoms. The van der Waals surface area contributed by atoms with Gasteiger partial charge in [-0.05, 0) is 19.0 Å². The lowest BCUT2D eigenvalue weighted by atomic mass is 10.2. The molecule has 112 valence electrons. The summed E-state index contributed by atoms with van der Waals surface area (Å²) in [7, 11) is 3.20. The molecule has 0 bridgehead atoms. The lowest BCUT2D eigenvalue weighted by Gasteiger charge is -2.09. The molecule has 1 aliphatic rings. The van der Waals surface area contributed by atoms with Crippen LogP contribution in [-0.4, -0.2) is 44.2 Å². The lowest BCUT2D eigenvalue weighted by Crippen LogP contribution is -2.36. The maximum absolute atomic E-state index is 12.3. The highest BCUT2D eigenvalue weighted by atomic mass is 16.5. The summed E-state index contributed by atoms with van der Waals surface area (Å²) in [6, 6.07) is 5.66. The first-order valence-corrected chi connectivity index (χ1v) is 6.97. The van der Waals surface area contributed by atoms with E-state index in [-0.39, 0.29) is 11.9 Å². The lowest BCUT2D eigenvalue weighted by molar-refractivity contribution is 0.0936. The van der Waals surface area contributed by atoms with Gasteiger partial charge in [-0.1, -0.05) is 0 Å². The second-order valence-corrected chi connectivity index (χ2v) is 5.14. The van der Waals surface area contributed by atoms with Crippen LogP contribution in [0.3, 0.4) is 0 Å². The third-order valence-corrected chi connectivity index (χ3v) is 3.77. The summed E-state index contributed by atoms with van der Waals surface area (Å²) in [5.74, 6) is 1.27. The first kappa shape index (κ1) is 13.8. The van der Waals surface area contributed by atoms with Gasteiger partial charge in [-0.25, -0.2) is 0 Å². The SMILES string of the molecule is COc1cc(OC)c2cc(C(=O)NC3CCNC3)[nH]c2c1. The predicted molar refractivity (Wildman–Crippen MR) is 80.1 cm³/mol. The predicted octanol–water partition coefficient (Wildman–Crippen LogP) is 1.28. The summed E-state index contributed by atoms with van der Waals surface area (Å²) in [5.41, 5.74) is 1.35. The van der Waals surface area contributed by atoms with Crippen molar-refractivity contribution in [2.45, 2.75) is 12.5 Å². The number of fused-ring (bicyclic) bond motifs is 1. The van der Waals surface area contributed by atoms with Gasteiger partial charge in [0.25, 0.3) is 5.91 Å². The van der Waals surface area contributed by atoms with Crippen LogP contribution >= 0.6 is 0 Å². The van der Waals surface area contributed by atoms with Crippen molar-refractivity contribution >= 4 is 16.8 Å². The van der Waals surface area contributed by atoms with E-state index in [1.807, 2.05) is 12.1 Å². The molecular formula is C15H19N3O3. The Balaban J connectivity index is 1.90. The van der Waals surface area contributed by atoms with Gasteiger partial charge < -0.3 is 25.1 Å². The average molecular weight is 289 g/mol. The molecule has 2 heterocycles. The maximum atomic E-state index is 12.3. The van der Waals surface area contributed by atoms with Gasteiger partial charge in [-0.2, -0.15) is 0 Å². The van der Waals surface area contributed by atoms with E-state index in [4.69, 9.17) is 9.47 Å². The summed E-state index contributed by atoms with van der Waals surface area (Å²) in [6.07, 6.45) is 0.961. The van der Waals surface area contributed by atoms with E-state index in [0.29, 0.717) is 17.2 Å². The van der Waals surface area contributed by atoms with E-state index in [9.17, 15) is 4.79 Å². The van der Waals surface area contributed by atoms with Crippen LogP contribution < -0.4 is 20.1 Å². The number of ether oxygens (including phenoxy) is 2. The van der Waals surface area contributed by atoms with Crippen molar-refractivity contribution < 1.29 is 14.3 Å². The smallest absolute Gasteiger partial charge is 0.267 e. The molecule has 1 unspecified atom stereocenters. The Hall–Kier alpha value is -2.21. The number of nitrogens with one attached hydrogen (secondary N) is 3. The Morgan fingerprint density at radius 3 is 2.81 bits per heavy atom. The topological polar surface area (TPSA) is 75.4 Å². The molecule has 3 rings (SSSR count). The van der Waals surface area contributed by atoms with Crippen molar-refractivity contribution in [1.29, 1.82) is 0 Å². The minimum atomic E-state index is -0.0964. The Morgan fingerprint density at radius 2 is 2.14 bits per heavy atom. The van der Waals surface area contributed by atoms with Crippen LogP contribution in [0.5, 0.6) is 11.5 Å². The van der Waals surface area contributed by atoms with Crippen LogP contribution in [0.2, 0.25) is 0 Å². The summed E-state index contributed by atoms with van der Waals surface area (Å²) in [5, 5.41) is 7.11. The van der Waals surface area contributed by atoms with Crippen LogP contribution in [-0.2, 0) is 0 Å². The minimum Gasteiger partial charge on any atom is -0.497 e. The number of hydrogen-bond acceptors (Lipinski definition) is 4. The van der Waals surface area contributed by atoms with Crippen LogP contribution in [0, 0.1) is 0 Å². The first-order chi connectivity index (χ1) is 10.2. The van der Waals surface area contributed by atoms with Crippen LogP contribution in [0.1, 0.15) is 16.9 Å². The Kier molecular flexibility index (Phi) is 3.70. The number of carbonyl (C=O) groups excluding carboxylic acids is 1. The van der Waals surface area contributed by atoms with Crippen molar-refractivity contribution in [3.63, 3.8) is 0 Å². The number of hydrogen-bond donors (Lipinski definition) is 3. The third kappa shape index (κ3) is 2.67. The molecule has 2 aromatic rings. The number of amides is 1. The highest BCUT2D eigenvalue weighted by Gasteiger charge is 2.19. The van der Waals surface area contributed by atoms with E-state index in [1.54, 1.807) is 20.3 Å². The van der Waals surface area contributed by atoms with Crippen molar-refractivity contribution in [3.05, 3.63) is 23.9 Å². The molecule has 1 saturated heterocycles. The number of rotatable bonds is 4. The number of aromatic amines is 1. The molecule has 1 atom stereocenters. The molecule has 6 nitrogen and oxygen atoms in total. The van der Waals surface area contributed by atoms with Gasteiger partial charge in [0, 0.05) is 30.1 Å². The zero-order valence-corrected chi connectivity index (χ0v) is 12.2. The van der Waals surface area contributed by atoms with Gasteiger partial charge in [0.1, 0.15) is 17.2 Å². The first-order valence-electron chi connectivity index (χ1n) is 6.97. The van der Waals surface area contributed by atoms with E-state index >= 15 is 0 Å². The van der Waals surface area contributed by atoms with E-state index in [0.717, 1.165) is 30.4 Å². The average Bonchev–Trinajstić information content (AvgIpc) is 3.14. The zero-order chi connectivity index (χ0) is 14.8. The van der Waals surface area contributed by atoms with Crippen LogP contribution in [0.25, 0.3) is 10.9 Å². The number of H-pyrrole nitrogens is 1. The second kappa shape index (κ2) is 5.65. The molecule has 21 heavy (non-hydrogen) atoms. The van der Waals surface area contributed by atoms with Gasteiger partial charge in [0.2, 0.25) is 0 Å². The standard InChI is InChI=1S/C15H19N3O3/c1-20-10-5-12-11(14(6-10)21-2)7-13(18-12)15(19)17-9-3-4-16-8-9/h5-7,9,16,18H,3-4,8H2,1-2H3,(H,17,19). The van der Waals surface area contributed by atoms with Gasteiger partial charge in [-0.15, -0.1) is 0 Å². The normalized spacial score (nSPS) is 17.9. The van der Waals surface area contributed by atoms with Crippen LogP contribution in [0.4, 0.5) is 0 Å². The molecule has 0 spiro atoms. The van der Waals surface area contributed by atoms with E-state index in [1.165, 1.54) is 0 Å². The van der Waals surface area contributed by atoms with Crippen molar-refractivity contribution in [2.75, 3.05) is 27.3 Å². The molecule has 1 aliphatic heterocycles. The van der Waals surface area contributed by atoms with Crippen LogP contribution in [0.15, 0.2) is 18.2 Å². The Bertz CT molecular complexity index is 659. The van der Waals surface area contributed by atoms with E-state index in [2.05, 4.69) is 15.6 Å². The Morgan fingerprint density at radius 1 is 1.29 bits per heavy atom. The quantitative estimate of drug-likeness (QED) is 0.792. The molecule has 0 aliphatic carbocycles. The summed E-state index contributed by atoms with van der Waals surface area (Å²) >= 11 is 0. The van der Waals surface area contributed by atoms with Crippen molar-refractivity contribution in [2.24, 2.45) is 0 Å². The van der Waals surface area contributed by atoms with E-state index < -0.39 is 0 Å². The number of benzene rings is 1. The second-order valence-electron chi connectivity index (χ2n) is 5.14. The molecule has 0 saturated carbocycles. The van der Waals surface area contributed by atoms with Gasteiger partial charge in [-0.3, -0.25) is 4.79 Å². The van der Waals surface area contributed by atoms with Gasteiger partial charge in [0.15, 0.2) is 0 Å². The molecule has 1 amide bonds. The number of aromatic nitrogens is 1. The highest BCUT2D eigenvalue weighted by Crippen LogP contribution is 2.31. The monoisotopic (exact) mass is 289 g/mol. The molecular weight excluding hydrogens is 270 g/mol. The molecule has 1 aromatic heterocycles. The highest BCUT2D eigenvalue weighted by molar-refractivity contribution is 6.00. The fourth-order valence-corrected chi connectivity index (χ4v) is 2.63. The summed E-state index contributed by atoms with van der Waals surface area (Å²) < 4.78 is 10.6. The Labute approximate surface area is 122 Å². The molecule has 0 radical (unpaired) electrons. The molecule has 1 fully saturated rings. The van der Waals surface area contributed by atoms with Gasteiger partial charge >= 0.3 is 0 Å². The molecule has 3 N–H and O–H groups in total. The zero-order valence-electron chi connectivity index (χ0n) is 12.2. The fourth-order valence-electron chi connectivity index (χ4n) is 2.63. The van der Waals surface area contributed by atoms with Gasteiger partial charge in [0.05, 0.1) is 19.7 Å². The largest absolute Gasteiger partial charge is 0.497 e. The summed E-state index contributed by atoms with van der Waals surface area (Å²) in [4.78, 5) is 15.4. The number of methoxy groups -OCH3 is 2. The summed E-state index contributed by atoms with van der Waals surface area (Å²) in [6.45, 7) is 1.77. The van der Waals surface area contributed by atoms with Crippen molar-refractivity contribution in [1.82, 2.24) is 15.6 Å². The van der Waals surface area contributed by atoms with Crippen molar-refractivity contribution in [3.8, 4) is 11.5 Å².